The van der Waals surface area contributed by atoms with Crippen molar-refractivity contribution in [1.29, 1.82) is 5.26 Å². The number of rotatable bonds is 9. The molecule has 1 aliphatic carbocycles. The van der Waals surface area contributed by atoms with Gasteiger partial charge >= 0.3 is 17.8 Å². The Labute approximate surface area is 346 Å². The monoisotopic (exact) mass is 823 g/mol. The number of aromatic nitrogens is 2. The van der Waals surface area contributed by atoms with Crippen LogP contribution in [0.15, 0.2) is 40.8 Å². The van der Waals surface area contributed by atoms with E-state index < -0.39 is 29.7 Å². The molecule has 4 saturated heterocycles. The van der Waals surface area contributed by atoms with Crippen LogP contribution in [-0.4, -0.2) is 114 Å². The van der Waals surface area contributed by atoms with Crippen molar-refractivity contribution in [2.24, 2.45) is 11.3 Å². The first-order chi connectivity index (χ1) is 28.5. The molecule has 0 radical (unpaired) electrons. The van der Waals surface area contributed by atoms with E-state index in [9.17, 15) is 24.0 Å². The van der Waals surface area contributed by atoms with Crippen LogP contribution < -0.4 is 25.2 Å². The van der Waals surface area contributed by atoms with Gasteiger partial charge < -0.3 is 29.2 Å². The van der Waals surface area contributed by atoms with Crippen LogP contribution in [0.2, 0.25) is 5.02 Å². The first-order valence-corrected chi connectivity index (χ1v) is 21.0. The van der Waals surface area contributed by atoms with Crippen molar-refractivity contribution in [2.75, 3.05) is 55.6 Å². The Morgan fingerprint density at radius 2 is 1.66 bits per heavy atom. The fraction of sp³-hybridized carbons (Fsp3) is 0.524. The molecule has 3 aromatic rings. The number of anilines is 2. The minimum absolute atomic E-state index is 0.00257. The summed E-state index contributed by atoms with van der Waals surface area (Å²) in [6.07, 6.45) is 7.48. The Morgan fingerprint density at radius 1 is 0.915 bits per heavy atom. The lowest BCUT2D eigenvalue weighted by Gasteiger charge is -2.55. The maximum atomic E-state index is 13.3. The van der Waals surface area contributed by atoms with Crippen molar-refractivity contribution in [3.8, 4) is 11.8 Å². The van der Waals surface area contributed by atoms with Gasteiger partial charge in [0.15, 0.2) is 0 Å². The van der Waals surface area contributed by atoms with Crippen molar-refractivity contribution >= 4 is 52.8 Å². The first kappa shape index (κ1) is 39.0. The fourth-order valence-corrected chi connectivity index (χ4v) is 9.87. The molecule has 1 spiro atoms. The molecule has 2 N–H and O–H groups in total. The SMILES string of the molecule is N#Cc1ccc(OC2CCC(NC(=O)c3nnc(N4CCC(CN5CCC6(CC5)CN(c5ccc7c(c5)C(=O)N(C5CCC(=O)NC5=O)C7=O)C6)CC4)o3)CC2)cc1Cl. The quantitative estimate of drug-likeness (QED) is 0.295. The summed E-state index contributed by atoms with van der Waals surface area (Å²) < 4.78 is 11.9. The molecule has 6 aliphatic rings. The number of hydrogen-bond donors (Lipinski definition) is 2. The number of benzene rings is 2. The van der Waals surface area contributed by atoms with Crippen LogP contribution in [0.25, 0.3) is 0 Å². The molecule has 1 aromatic heterocycles. The Bertz CT molecular complexity index is 2210. The van der Waals surface area contributed by atoms with Crippen LogP contribution in [0.4, 0.5) is 11.7 Å². The summed E-state index contributed by atoms with van der Waals surface area (Å²) in [4.78, 5) is 71.4. The van der Waals surface area contributed by atoms with E-state index in [-0.39, 0.29) is 42.2 Å². The molecule has 9 rings (SSSR count). The van der Waals surface area contributed by atoms with E-state index in [0.717, 1.165) is 108 Å². The zero-order chi connectivity index (χ0) is 40.8. The number of likely N-dealkylation sites (tertiary alicyclic amines) is 1. The van der Waals surface area contributed by atoms with Crippen molar-refractivity contribution in [2.45, 2.75) is 82.4 Å². The largest absolute Gasteiger partial charge is 0.490 e. The van der Waals surface area contributed by atoms with Crippen LogP contribution in [0, 0.1) is 22.7 Å². The highest BCUT2D eigenvalue weighted by molar-refractivity contribution is 6.31. The number of imide groups is 2. The lowest BCUT2D eigenvalue weighted by atomic mass is 9.71. The molecular formula is C42H46ClN9O7. The van der Waals surface area contributed by atoms with E-state index >= 15 is 0 Å². The first-order valence-electron chi connectivity index (χ1n) is 20.6. The highest BCUT2D eigenvalue weighted by Gasteiger charge is 2.48. The van der Waals surface area contributed by atoms with E-state index in [0.29, 0.717) is 39.4 Å². The van der Waals surface area contributed by atoms with Crippen molar-refractivity contribution in [1.82, 2.24) is 30.6 Å². The van der Waals surface area contributed by atoms with E-state index in [1.54, 1.807) is 30.3 Å². The van der Waals surface area contributed by atoms with E-state index in [4.69, 9.17) is 26.0 Å². The van der Waals surface area contributed by atoms with Gasteiger partial charge in [0.25, 0.3) is 11.8 Å². The van der Waals surface area contributed by atoms with Gasteiger partial charge in [-0.15, -0.1) is 5.10 Å². The van der Waals surface area contributed by atoms with Gasteiger partial charge in [-0.1, -0.05) is 16.7 Å². The maximum Gasteiger partial charge on any atom is 0.318 e. The van der Waals surface area contributed by atoms with Gasteiger partial charge in [-0.05, 0) is 107 Å². The summed E-state index contributed by atoms with van der Waals surface area (Å²) in [7, 11) is 0. The smallest absolute Gasteiger partial charge is 0.318 e. The van der Waals surface area contributed by atoms with Gasteiger partial charge in [0.05, 0.1) is 27.8 Å². The van der Waals surface area contributed by atoms with Gasteiger partial charge in [0.2, 0.25) is 11.8 Å². The normalized spacial score (nSPS) is 24.7. The Morgan fingerprint density at radius 3 is 2.37 bits per heavy atom. The average Bonchev–Trinajstić information content (AvgIpc) is 3.81. The average molecular weight is 824 g/mol. The van der Waals surface area contributed by atoms with Crippen LogP contribution >= 0.6 is 11.6 Å². The number of carbonyl (C=O) groups is 5. The molecule has 308 valence electrons. The molecule has 1 unspecified atom stereocenters. The van der Waals surface area contributed by atoms with Crippen molar-refractivity contribution < 1.29 is 33.1 Å². The predicted octanol–water partition coefficient (Wildman–Crippen LogP) is 3.93. The standard InChI is InChI=1S/C42H46ClN9O7/c43-33-20-30(5-1-26(33)21-44)58-29-6-2-27(3-7-29)45-37(55)38-47-48-41(59-38)50-15-11-25(12-16-50)22-49-17-13-42(14-18-49)23-51(24-42)28-4-8-31-32(19-28)40(57)52(39(31)56)34-9-10-35(53)46-36(34)54/h1,4-5,8,19-20,25,27,29,34H,2-3,6-7,9-18,22-24H2,(H,45,55)(H,46,53,54). The second-order valence-electron chi connectivity index (χ2n) is 17.0. The van der Waals surface area contributed by atoms with Crippen LogP contribution in [-0.2, 0) is 9.59 Å². The number of halogens is 1. The Balaban J connectivity index is 0.687. The van der Waals surface area contributed by atoms with Crippen LogP contribution in [0.5, 0.6) is 5.75 Å². The van der Waals surface area contributed by atoms with Crippen molar-refractivity contribution in [3.05, 3.63) is 64.0 Å². The number of carbonyl (C=O) groups excluding carboxylic acids is 5. The van der Waals surface area contributed by atoms with E-state index in [1.807, 2.05) is 12.1 Å². The highest BCUT2D eigenvalue weighted by atomic mass is 35.5. The summed E-state index contributed by atoms with van der Waals surface area (Å²) in [6.45, 7) is 6.49. The molecule has 1 atom stereocenters. The third-order valence-corrected chi connectivity index (χ3v) is 13.5. The van der Waals surface area contributed by atoms with E-state index in [1.165, 1.54) is 0 Å². The summed E-state index contributed by atoms with van der Waals surface area (Å²) >= 11 is 6.15. The molecule has 5 amide bonds. The second kappa shape index (κ2) is 15.9. The minimum Gasteiger partial charge on any atom is -0.490 e. The molecule has 6 heterocycles. The molecule has 0 bridgehead atoms. The van der Waals surface area contributed by atoms with Crippen molar-refractivity contribution in [3.63, 3.8) is 0 Å². The maximum absolute atomic E-state index is 13.3. The predicted molar refractivity (Wildman–Crippen MR) is 213 cm³/mol. The fourth-order valence-electron chi connectivity index (χ4n) is 9.66. The number of fused-ring (bicyclic) bond motifs is 1. The Hall–Kier alpha value is -5.53. The lowest BCUT2D eigenvalue weighted by molar-refractivity contribution is -0.136. The van der Waals surface area contributed by atoms with Crippen LogP contribution in [0.3, 0.4) is 0 Å². The molecule has 1 saturated carbocycles. The number of amides is 5. The zero-order valence-corrected chi connectivity index (χ0v) is 33.4. The summed E-state index contributed by atoms with van der Waals surface area (Å²) in [5, 5.41) is 23.0. The third-order valence-electron chi connectivity index (χ3n) is 13.1. The van der Waals surface area contributed by atoms with Gasteiger partial charge in [-0.3, -0.25) is 34.2 Å². The highest BCUT2D eigenvalue weighted by Crippen LogP contribution is 2.44. The topological polar surface area (TPSA) is 194 Å². The molecule has 16 nitrogen and oxygen atoms in total. The lowest BCUT2D eigenvalue weighted by Crippen LogP contribution is -2.60. The van der Waals surface area contributed by atoms with Gasteiger partial charge in [-0.2, -0.15) is 5.26 Å². The molecule has 5 fully saturated rings. The second-order valence-corrected chi connectivity index (χ2v) is 17.4. The van der Waals surface area contributed by atoms with Crippen LogP contribution in [0.1, 0.15) is 101 Å². The van der Waals surface area contributed by atoms with Gasteiger partial charge in [-0.25, -0.2) is 0 Å². The third kappa shape index (κ3) is 7.85. The molecule has 17 heteroatoms. The van der Waals surface area contributed by atoms with E-state index in [2.05, 4.69) is 35.5 Å². The van der Waals surface area contributed by atoms with Gasteiger partial charge in [0, 0.05) is 62.4 Å². The number of hydrogen-bond acceptors (Lipinski definition) is 13. The molecular weight excluding hydrogens is 778 g/mol. The summed E-state index contributed by atoms with van der Waals surface area (Å²) in [6, 6.07) is 11.9. The minimum atomic E-state index is -0.971. The number of nitrogens with zero attached hydrogens (tertiary/aromatic N) is 7. The molecule has 59 heavy (non-hydrogen) atoms. The Kier molecular flexibility index (Phi) is 10.5. The molecule has 2 aromatic carbocycles. The number of nitriles is 1. The number of ether oxygens (including phenoxy) is 1. The molecule has 5 aliphatic heterocycles. The van der Waals surface area contributed by atoms with Gasteiger partial charge in [0.1, 0.15) is 17.9 Å². The zero-order valence-electron chi connectivity index (χ0n) is 32.7. The number of piperidine rings is 3. The summed E-state index contributed by atoms with van der Waals surface area (Å²) in [5.74, 6) is -1.17. The number of nitrogens with one attached hydrogen (secondary N) is 2. The summed E-state index contributed by atoms with van der Waals surface area (Å²) in [5.41, 5.74) is 2.16.